The summed E-state index contributed by atoms with van der Waals surface area (Å²) >= 11 is 0. The number of nitrogens with one attached hydrogen (secondary N) is 1. The number of carbonyl (C=O) groups is 2. The fourth-order valence-electron chi connectivity index (χ4n) is 2.39. The van der Waals surface area contributed by atoms with Gasteiger partial charge in [0.1, 0.15) is 6.04 Å². The molecule has 0 spiro atoms. The molecule has 1 aliphatic rings. The van der Waals surface area contributed by atoms with Crippen LogP contribution in [0.15, 0.2) is 0 Å². The highest BCUT2D eigenvalue weighted by molar-refractivity contribution is 5.82. The third-order valence-corrected chi connectivity index (χ3v) is 3.91. The van der Waals surface area contributed by atoms with Crippen molar-refractivity contribution in [2.24, 2.45) is 17.3 Å². The second-order valence-electron chi connectivity index (χ2n) is 6.81. The van der Waals surface area contributed by atoms with Crippen molar-refractivity contribution in [2.75, 3.05) is 13.1 Å². The number of hydrogen-bond acceptors (Lipinski definition) is 2. The van der Waals surface area contributed by atoms with Crippen LogP contribution in [0.2, 0.25) is 0 Å². The van der Waals surface area contributed by atoms with Gasteiger partial charge in [0.25, 0.3) is 0 Å². The van der Waals surface area contributed by atoms with Crippen LogP contribution in [-0.2, 0) is 4.79 Å². The molecule has 1 heterocycles. The van der Waals surface area contributed by atoms with Crippen molar-refractivity contribution in [2.45, 2.75) is 47.1 Å². The quantitative estimate of drug-likeness (QED) is 0.825. The highest BCUT2D eigenvalue weighted by Crippen LogP contribution is 2.33. The molecule has 5 heteroatoms. The third-order valence-electron chi connectivity index (χ3n) is 3.91. The molecular weight excluding hydrogens is 244 g/mol. The number of carbonyl (C=O) groups excluding carboxylic acids is 1. The molecule has 1 unspecified atom stereocenters. The molecule has 0 radical (unpaired) electrons. The summed E-state index contributed by atoms with van der Waals surface area (Å²) in [4.78, 5) is 24.9. The van der Waals surface area contributed by atoms with E-state index in [0.717, 1.165) is 6.42 Å². The molecule has 0 aromatic heterocycles. The molecule has 0 aromatic carbocycles. The average Bonchev–Trinajstić information content (AvgIpc) is 2.73. The summed E-state index contributed by atoms with van der Waals surface area (Å²) in [6, 6.07) is -1.07. The van der Waals surface area contributed by atoms with Crippen LogP contribution in [0.3, 0.4) is 0 Å². The first-order valence-corrected chi connectivity index (χ1v) is 6.91. The van der Waals surface area contributed by atoms with E-state index in [9.17, 15) is 9.59 Å². The molecule has 19 heavy (non-hydrogen) atoms. The highest BCUT2D eigenvalue weighted by atomic mass is 16.4. The van der Waals surface area contributed by atoms with E-state index >= 15 is 0 Å². The predicted octanol–water partition coefficient (Wildman–Crippen LogP) is 2.17. The summed E-state index contributed by atoms with van der Waals surface area (Å²) in [5.74, 6) is -0.627. The Hall–Kier alpha value is -1.26. The van der Waals surface area contributed by atoms with E-state index in [1.165, 1.54) is 0 Å². The number of nitrogens with zero attached hydrogens (tertiary/aromatic N) is 1. The minimum absolute atomic E-state index is 0.123. The molecule has 5 nitrogen and oxygen atoms in total. The van der Waals surface area contributed by atoms with Crippen molar-refractivity contribution in [1.82, 2.24) is 10.2 Å². The molecule has 2 N–H and O–H groups in total. The number of urea groups is 1. The summed E-state index contributed by atoms with van der Waals surface area (Å²) in [5, 5.41) is 11.7. The zero-order valence-electron chi connectivity index (χ0n) is 12.6. The van der Waals surface area contributed by atoms with E-state index in [0.29, 0.717) is 19.0 Å². The number of amides is 2. The van der Waals surface area contributed by atoms with Gasteiger partial charge in [-0.1, -0.05) is 34.6 Å². The molecule has 0 bridgehead atoms. The van der Waals surface area contributed by atoms with Gasteiger partial charge in [0.15, 0.2) is 0 Å². The second-order valence-corrected chi connectivity index (χ2v) is 6.81. The lowest BCUT2D eigenvalue weighted by Crippen LogP contribution is -2.49. The summed E-state index contributed by atoms with van der Waals surface area (Å²) in [6.45, 7) is 11.5. The monoisotopic (exact) mass is 270 g/mol. The van der Waals surface area contributed by atoms with Crippen molar-refractivity contribution < 1.29 is 14.7 Å². The standard InChI is InChI=1S/C14H26N2O3/c1-9(2)11(12(17)18)15-13(19)16-7-6-10(8-16)14(3,4)5/h9-11H,6-8H2,1-5H3,(H,15,19)(H,17,18)/t10?,11-/m1/s1. The normalized spacial score (nSPS) is 21.6. The lowest BCUT2D eigenvalue weighted by molar-refractivity contribution is -0.140. The molecule has 1 rings (SSSR count). The molecule has 0 aromatic rings. The average molecular weight is 270 g/mol. The summed E-state index contributed by atoms with van der Waals surface area (Å²) < 4.78 is 0. The molecule has 1 saturated heterocycles. The maximum Gasteiger partial charge on any atom is 0.326 e. The van der Waals surface area contributed by atoms with Gasteiger partial charge < -0.3 is 15.3 Å². The Bertz CT molecular complexity index is 347. The van der Waals surface area contributed by atoms with Gasteiger partial charge in [-0.3, -0.25) is 0 Å². The Balaban J connectivity index is 2.58. The number of hydrogen-bond donors (Lipinski definition) is 2. The van der Waals surface area contributed by atoms with Gasteiger partial charge in [-0.05, 0) is 23.7 Å². The Morgan fingerprint density at radius 3 is 2.26 bits per heavy atom. The molecule has 2 atom stereocenters. The number of carboxylic acids is 1. The van der Waals surface area contributed by atoms with Gasteiger partial charge in [-0.15, -0.1) is 0 Å². The largest absolute Gasteiger partial charge is 0.480 e. The fraction of sp³-hybridized carbons (Fsp3) is 0.857. The third kappa shape index (κ3) is 4.11. The fourth-order valence-corrected chi connectivity index (χ4v) is 2.39. The Morgan fingerprint density at radius 1 is 1.32 bits per heavy atom. The minimum atomic E-state index is -0.977. The van der Waals surface area contributed by atoms with Gasteiger partial charge in [0.05, 0.1) is 0 Å². The second kappa shape index (κ2) is 5.80. The van der Waals surface area contributed by atoms with Crippen LogP contribution in [-0.4, -0.2) is 41.1 Å². The van der Waals surface area contributed by atoms with Crippen LogP contribution in [0.5, 0.6) is 0 Å². The summed E-state index contributed by atoms with van der Waals surface area (Å²) in [6.07, 6.45) is 0.982. The van der Waals surface area contributed by atoms with E-state index in [1.807, 2.05) is 0 Å². The van der Waals surface area contributed by atoms with Gasteiger partial charge in [-0.25, -0.2) is 9.59 Å². The van der Waals surface area contributed by atoms with Crippen LogP contribution in [0.4, 0.5) is 4.79 Å². The number of carboxylic acid groups (broad SMARTS) is 1. The highest BCUT2D eigenvalue weighted by Gasteiger charge is 2.35. The molecule has 0 saturated carbocycles. The van der Waals surface area contributed by atoms with E-state index in [-0.39, 0.29) is 17.4 Å². The van der Waals surface area contributed by atoms with Crippen molar-refractivity contribution in [3.63, 3.8) is 0 Å². The zero-order valence-corrected chi connectivity index (χ0v) is 12.6. The first-order valence-electron chi connectivity index (χ1n) is 6.91. The van der Waals surface area contributed by atoms with Crippen LogP contribution >= 0.6 is 0 Å². The van der Waals surface area contributed by atoms with Crippen molar-refractivity contribution in [3.8, 4) is 0 Å². The first-order chi connectivity index (χ1) is 8.62. The smallest absolute Gasteiger partial charge is 0.326 e. The maximum absolute atomic E-state index is 12.1. The van der Waals surface area contributed by atoms with Crippen molar-refractivity contribution in [1.29, 1.82) is 0 Å². The topological polar surface area (TPSA) is 69.6 Å². The predicted molar refractivity (Wildman–Crippen MR) is 73.9 cm³/mol. The first kappa shape index (κ1) is 15.8. The number of likely N-dealkylation sites (tertiary alicyclic amines) is 1. The molecule has 1 fully saturated rings. The van der Waals surface area contributed by atoms with E-state index in [2.05, 4.69) is 26.1 Å². The van der Waals surface area contributed by atoms with Gasteiger partial charge in [-0.2, -0.15) is 0 Å². The van der Waals surface area contributed by atoms with E-state index in [1.54, 1.807) is 18.7 Å². The molecule has 0 aliphatic carbocycles. The number of rotatable bonds is 3. The van der Waals surface area contributed by atoms with E-state index in [4.69, 9.17) is 5.11 Å². The van der Waals surface area contributed by atoms with E-state index < -0.39 is 12.0 Å². The Labute approximate surface area is 115 Å². The number of aliphatic carboxylic acids is 1. The maximum atomic E-state index is 12.1. The SMILES string of the molecule is CC(C)[C@@H](NC(=O)N1CCC(C(C)(C)C)C1)C(=O)O. The zero-order chi connectivity index (χ0) is 14.8. The van der Waals surface area contributed by atoms with Crippen molar-refractivity contribution >= 4 is 12.0 Å². The minimum Gasteiger partial charge on any atom is -0.480 e. The summed E-state index contributed by atoms with van der Waals surface area (Å²) in [5.41, 5.74) is 0.180. The lowest BCUT2D eigenvalue weighted by Gasteiger charge is -2.27. The Kier molecular flexibility index (Phi) is 4.82. The van der Waals surface area contributed by atoms with Crippen LogP contribution in [0.25, 0.3) is 0 Å². The van der Waals surface area contributed by atoms with Crippen LogP contribution in [0, 0.1) is 17.3 Å². The van der Waals surface area contributed by atoms with Crippen molar-refractivity contribution in [3.05, 3.63) is 0 Å². The lowest BCUT2D eigenvalue weighted by atomic mass is 9.80. The van der Waals surface area contributed by atoms with Crippen LogP contribution < -0.4 is 5.32 Å². The van der Waals surface area contributed by atoms with Gasteiger partial charge in [0, 0.05) is 13.1 Å². The van der Waals surface area contributed by atoms with Gasteiger partial charge in [0.2, 0.25) is 0 Å². The summed E-state index contributed by atoms with van der Waals surface area (Å²) in [7, 11) is 0. The van der Waals surface area contributed by atoms with Crippen LogP contribution in [0.1, 0.15) is 41.0 Å². The molecule has 2 amide bonds. The molecule has 110 valence electrons. The molecular formula is C14H26N2O3. The Morgan fingerprint density at radius 2 is 1.89 bits per heavy atom. The van der Waals surface area contributed by atoms with Gasteiger partial charge >= 0.3 is 12.0 Å². The molecule has 1 aliphatic heterocycles.